The van der Waals surface area contributed by atoms with Crippen molar-refractivity contribution in [1.29, 1.82) is 0 Å². The van der Waals surface area contributed by atoms with Crippen LogP contribution in [0.15, 0.2) is 18.2 Å². The molecular weight excluding hydrogens is 193 g/mol. The topological polar surface area (TPSA) is 35.2 Å². The maximum absolute atomic E-state index is 13.2. The molecule has 0 aromatic heterocycles. The molecule has 2 nitrogen and oxygen atoms in total. The molecule has 1 rings (SSSR count). The van der Waals surface area contributed by atoms with Crippen molar-refractivity contribution in [3.63, 3.8) is 0 Å². The molecule has 0 aliphatic rings. The number of rotatable bonds is 4. The van der Waals surface area contributed by atoms with Gasteiger partial charge in [0.2, 0.25) is 0 Å². The number of hydrogen-bond acceptors (Lipinski definition) is 2. The molecule has 3 heteroatoms. The predicted molar refractivity (Wildman–Crippen MR) is 59.5 cm³/mol. The number of halogens is 1. The molecular formula is C12H18FNO. The van der Waals surface area contributed by atoms with E-state index in [0.29, 0.717) is 24.5 Å². The second-order valence-electron chi connectivity index (χ2n) is 4.57. The van der Waals surface area contributed by atoms with E-state index in [0.717, 1.165) is 0 Å². The quantitative estimate of drug-likeness (QED) is 0.830. The molecule has 1 aromatic carbocycles. The fourth-order valence-corrected chi connectivity index (χ4v) is 1.00. The van der Waals surface area contributed by atoms with Crippen molar-refractivity contribution in [2.45, 2.75) is 20.8 Å². The van der Waals surface area contributed by atoms with Crippen LogP contribution in [0, 0.1) is 18.2 Å². The Balaban J connectivity index is 2.62. The van der Waals surface area contributed by atoms with Gasteiger partial charge in [0.25, 0.3) is 0 Å². The number of hydrogen-bond donors (Lipinski definition) is 1. The standard InChI is InChI=1S/C12H18FNO/c1-9-4-5-10(6-11(9)13)15-8-12(2,3)7-14/h4-6H,7-8,14H2,1-3H3. The Hall–Kier alpha value is -1.09. The zero-order valence-electron chi connectivity index (χ0n) is 9.51. The normalized spacial score (nSPS) is 11.5. The van der Waals surface area contributed by atoms with Crippen LogP contribution >= 0.6 is 0 Å². The van der Waals surface area contributed by atoms with Crippen molar-refractivity contribution in [2.24, 2.45) is 11.1 Å². The van der Waals surface area contributed by atoms with Gasteiger partial charge in [0.15, 0.2) is 0 Å². The van der Waals surface area contributed by atoms with E-state index < -0.39 is 0 Å². The van der Waals surface area contributed by atoms with Gasteiger partial charge in [-0.25, -0.2) is 4.39 Å². The first-order valence-electron chi connectivity index (χ1n) is 5.04. The second kappa shape index (κ2) is 4.62. The van der Waals surface area contributed by atoms with Gasteiger partial charge in [-0.15, -0.1) is 0 Å². The van der Waals surface area contributed by atoms with Crippen LogP contribution in [0.5, 0.6) is 5.75 Å². The summed E-state index contributed by atoms with van der Waals surface area (Å²) < 4.78 is 18.7. The maximum atomic E-state index is 13.2. The minimum atomic E-state index is -0.238. The summed E-state index contributed by atoms with van der Waals surface area (Å²) in [5.41, 5.74) is 6.11. The van der Waals surface area contributed by atoms with Gasteiger partial charge in [-0.05, 0) is 18.6 Å². The van der Waals surface area contributed by atoms with E-state index in [4.69, 9.17) is 10.5 Å². The summed E-state index contributed by atoms with van der Waals surface area (Å²) in [4.78, 5) is 0. The molecule has 0 spiro atoms. The number of ether oxygens (including phenoxy) is 1. The van der Waals surface area contributed by atoms with Gasteiger partial charge in [-0.1, -0.05) is 19.9 Å². The van der Waals surface area contributed by atoms with Crippen LogP contribution in [-0.4, -0.2) is 13.2 Å². The van der Waals surface area contributed by atoms with Gasteiger partial charge in [0.1, 0.15) is 11.6 Å². The Morgan fingerprint density at radius 1 is 1.40 bits per heavy atom. The largest absolute Gasteiger partial charge is 0.493 e. The predicted octanol–water partition coefficient (Wildman–Crippen LogP) is 2.50. The molecule has 2 N–H and O–H groups in total. The van der Waals surface area contributed by atoms with E-state index in [9.17, 15) is 4.39 Å². The Bertz CT molecular complexity index is 336. The highest BCUT2D eigenvalue weighted by Gasteiger charge is 2.16. The second-order valence-corrected chi connectivity index (χ2v) is 4.57. The first kappa shape index (κ1) is 12.0. The lowest BCUT2D eigenvalue weighted by molar-refractivity contribution is 0.186. The van der Waals surface area contributed by atoms with Gasteiger partial charge in [-0.2, -0.15) is 0 Å². The van der Waals surface area contributed by atoms with E-state index in [1.807, 2.05) is 13.8 Å². The molecule has 0 saturated carbocycles. The third-order valence-corrected chi connectivity index (χ3v) is 2.33. The highest BCUT2D eigenvalue weighted by atomic mass is 19.1. The van der Waals surface area contributed by atoms with Crippen molar-refractivity contribution in [3.05, 3.63) is 29.6 Å². The summed E-state index contributed by atoms with van der Waals surface area (Å²) in [7, 11) is 0. The van der Waals surface area contributed by atoms with Gasteiger partial charge in [0, 0.05) is 18.0 Å². The summed E-state index contributed by atoms with van der Waals surface area (Å²) in [6.45, 7) is 6.78. The van der Waals surface area contributed by atoms with Gasteiger partial charge in [0.05, 0.1) is 6.61 Å². The minimum Gasteiger partial charge on any atom is -0.493 e. The van der Waals surface area contributed by atoms with Gasteiger partial charge >= 0.3 is 0 Å². The van der Waals surface area contributed by atoms with E-state index in [2.05, 4.69) is 0 Å². The Labute approximate surface area is 90.2 Å². The van der Waals surface area contributed by atoms with Crippen LogP contribution < -0.4 is 10.5 Å². The fraction of sp³-hybridized carbons (Fsp3) is 0.500. The average molecular weight is 211 g/mol. The third-order valence-electron chi connectivity index (χ3n) is 2.33. The zero-order chi connectivity index (χ0) is 11.5. The van der Waals surface area contributed by atoms with E-state index in [1.165, 1.54) is 6.07 Å². The fourth-order valence-electron chi connectivity index (χ4n) is 1.00. The number of aryl methyl sites for hydroxylation is 1. The summed E-state index contributed by atoms with van der Waals surface area (Å²) in [5.74, 6) is 0.317. The lowest BCUT2D eigenvalue weighted by atomic mass is 9.95. The van der Waals surface area contributed by atoms with Crippen LogP contribution in [0.2, 0.25) is 0 Å². The summed E-state index contributed by atoms with van der Waals surface area (Å²) in [6, 6.07) is 4.88. The van der Waals surface area contributed by atoms with Crippen molar-refractivity contribution in [2.75, 3.05) is 13.2 Å². The number of nitrogens with two attached hydrogens (primary N) is 1. The first-order valence-corrected chi connectivity index (χ1v) is 5.04. The molecule has 1 aromatic rings. The highest BCUT2D eigenvalue weighted by Crippen LogP contribution is 2.19. The maximum Gasteiger partial charge on any atom is 0.129 e. The molecule has 0 saturated heterocycles. The average Bonchev–Trinajstić information content (AvgIpc) is 2.20. The van der Waals surface area contributed by atoms with Crippen molar-refractivity contribution < 1.29 is 9.13 Å². The molecule has 0 fully saturated rings. The smallest absolute Gasteiger partial charge is 0.129 e. The van der Waals surface area contributed by atoms with Crippen molar-refractivity contribution in [3.8, 4) is 5.75 Å². The first-order chi connectivity index (χ1) is 6.94. The zero-order valence-corrected chi connectivity index (χ0v) is 9.51. The van der Waals surface area contributed by atoms with E-state index in [1.54, 1.807) is 19.1 Å². The molecule has 0 heterocycles. The highest BCUT2D eigenvalue weighted by molar-refractivity contribution is 5.28. The molecule has 84 valence electrons. The lowest BCUT2D eigenvalue weighted by Crippen LogP contribution is -2.30. The minimum absolute atomic E-state index is 0.0820. The van der Waals surface area contributed by atoms with Gasteiger partial charge in [-0.3, -0.25) is 0 Å². The molecule has 0 atom stereocenters. The molecule has 15 heavy (non-hydrogen) atoms. The lowest BCUT2D eigenvalue weighted by Gasteiger charge is -2.22. The van der Waals surface area contributed by atoms with Gasteiger partial charge < -0.3 is 10.5 Å². The molecule has 0 radical (unpaired) electrons. The summed E-state index contributed by atoms with van der Waals surface area (Å²) in [5, 5.41) is 0. The van der Waals surface area contributed by atoms with E-state index in [-0.39, 0.29) is 11.2 Å². The van der Waals surface area contributed by atoms with Crippen LogP contribution in [0.25, 0.3) is 0 Å². The third kappa shape index (κ3) is 3.51. The molecule has 0 unspecified atom stereocenters. The van der Waals surface area contributed by atoms with Crippen LogP contribution in [0.4, 0.5) is 4.39 Å². The van der Waals surface area contributed by atoms with Crippen LogP contribution in [-0.2, 0) is 0 Å². The molecule has 0 aliphatic heterocycles. The molecule has 0 aliphatic carbocycles. The number of benzene rings is 1. The van der Waals surface area contributed by atoms with Crippen LogP contribution in [0.3, 0.4) is 0 Å². The molecule has 0 bridgehead atoms. The van der Waals surface area contributed by atoms with Crippen molar-refractivity contribution in [1.82, 2.24) is 0 Å². The summed E-state index contributed by atoms with van der Waals surface area (Å²) in [6.07, 6.45) is 0. The van der Waals surface area contributed by atoms with E-state index >= 15 is 0 Å². The molecule has 0 amide bonds. The Morgan fingerprint density at radius 3 is 2.60 bits per heavy atom. The summed E-state index contributed by atoms with van der Waals surface area (Å²) >= 11 is 0. The Morgan fingerprint density at radius 2 is 2.07 bits per heavy atom. The van der Waals surface area contributed by atoms with Crippen molar-refractivity contribution >= 4 is 0 Å². The Kier molecular flexibility index (Phi) is 3.69. The monoisotopic (exact) mass is 211 g/mol. The van der Waals surface area contributed by atoms with Crippen LogP contribution in [0.1, 0.15) is 19.4 Å². The SMILES string of the molecule is Cc1ccc(OCC(C)(C)CN)cc1F.